The predicted molar refractivity (Wildman–Crippen MR) is 107 cm³/mol. The number of hydrogen-bond donors (Lipinski definition) is 1. The van der Waals surface area contributed by atoms with E-state index in [-0.39, 0.29) is 6.03 Å². The first-order chi connectivity index (χ1) is 13.2. The largest absolute Gasteiger partial charge is 0.322 e. The summed E-state index contributed by atoms with van der Waals surface area (Å²) in [6, 6.07) is 9.07. The standard InChI is InChI=1S/C21H29N5O/c1-3-5-20-19(15-22-26(20)18-7-4-6-16(2)14-18)23-21(27)25-12-10-24(11-13-25)17-8-9-17/h4,6-7,14-15,17H,3,5,8-13H2,1-2H3,(H,23,27). The van der Waals surface area contributed by atoms with Crippen LogP contribution in [0.1, 0.15) is 37.4 Å². The first kappa shape index (κ1) is 18.0. The monoisotopic (exact) mass is 367 g/mol. The number of aryl methyl sites for hydroxylation is 1. The van der Waals surface area contributed by atoms with Crippen molar-refractivity contribution in [1.82, 2.24) is 19.6 Å². The fraction of sp³-hybridized carbons (Fsp3) is 0.524. The number of urea groups is 1. The molecule has 1 saturated carbocycles. The van der Waals surface area contributed by atoms with Gasteiger partial charge in [0.15, 0.2) is 0 Å². The fourth-order valence-electron chi connectivity index (χ4n) is 3.86. The number of benzene rings is 1. The Morgan fingerprint density at radius 2 is 2.00 bits per heavy atom. The molecule has 2 fully saturated rings. The van der Waals surface area contributed by atoms with Gasteiger partial charge in [0.25, 0.3) is 0 Å². The number of rotatable bonds is 5. The number of anilines is 1. The van der Waals surface area contributed by atoms with E-state index in [0.29, 0.717) is 0 Å². The van der Waals surface area contributed by atoms with Crippen molar-refractivity contribution >= 4 is 11.7 Å². The van der Waals surface area contributed by atoms with E-state index >= 15 is 0 Å². The minimum absolute atomic E-state index is 0.00778. The first-order valence-electron chi connectivity index (χ1n) is 10.1. The van der Waals surface area contributed by atoms with Gasteiger partial charge in [0, 0.05) is 32.2 Å². The fourth-order valence-corrected chi connectivity index (χ4v) is 3.86. The number of hydrogen-bond acceptors (Lipinski definition) is 3. The van der Waals surface area contributed by atoms with E-state index in [9.17, 15) is 4.79 Å². The van der Waals surface area contributed by atoms with Crippen molar-refractivity contribution in [2.75, 3.05) is 31.5 Å². The van der Waals surface area contributed by atoms with Crippen LogP contribution in [0.4, 0.5) is 10.5 Å². The molecule has 0 spiro atoms. The van der Waals surface area contributed by atoms with Gasteiger partial charge in [0.05, 0.1) is 23.3 Å². The van der Waals surface area contributed by atoms with Crippen molar-refractivity contribution in [3.63, 3.8) is 0 Å². The molecule has 144 valence electrons. The summed E-state index contributed by atoms with van der Waals surface area (Å²) in [7, 11) is 0. The van der Waals surface area contributed by atoms with Gasteiger partial charge in [0.1, 0.15) is 0 Å². The van der Waals surface area contributed by atoms with Crippen molar-refractivity contribution < 1.29 is 4.79 Å². The van der Waals surface area contributed by atoms with Gasteiger partial charge in [-0.15, -0.1) is 0 Å². The highest BCUT2D eigenvalue weighted by Gasteiger charge is 2.32. The second kappa shape index (κ2) is 7.72. The number of carbonyl (C=O) groups is 1. The highest BCUT2D eigenvalue weighted by atomic mass is 16.2. The number of aromatic nitrogens is 2. The Morgan fingerprint density at radius 1 is 1.22 bits per heavy atom. The Hall–Kier alpha value is -2.34. The number of amides is 2. The van der Waals surface area contributed by atoms with Crippen LogP contribution in [0.15, 0.2) is 30.5 Å². The number of nitrogens with zero attached hydrogens (tertiary/aromatic N) is 4. The highest BCUT2D eigenvalue weighted by Crippen LogP contribution is 2.28. The third-order valence-corrected chi connectivity index (χ3v) is 5.51. The highest BCUT2D eigenvalue weighted by molar-refractivity contribution is 5.90. The molecule has 1 saturated heterocycles. The summed E-state index contributed by atoms with van der Waals surface area (Å²) in [5, 5.41) is 7.68. The summed E-state index contributed by atoms with van der Waals surface area (Å²) in [6.07, 6.45) is 6.31. The topological polar surface area (TPSA) is 53.4 Å². The molecule has 27 heavy (non-hydrogen) atoms. The molecule has 2 heterocycles. The van der Waals surface area contributed by atoms with Gasteiger partial charge in [-0.2, -0.15) is 5.10 Å². The summed E-state index contributed by atoms with van der Waals surface area (Å²) in [5.41, 5.74) is 4.13. The molecule has 2 aromatic rings. The second-order valence-electron chi connectivity index (χ2n) is 7.69. The first-order valence-corrected chi connectivity index (χ1v) is 10.1. The van der Waals surface area contributed by atoms with Gasteiger partial charge >= 0.3 is 6.03 Å². The maximum absolute atomic E-state index is 12.8. The van der Waals surface area contributed by atoms with Crippen LogP contribution in [0, 0.1) is 6.92 Å². The quantitative estimate of drug-likeness (QED) is 0.881. The lowest BCUT2D eigenvalue weighted by Crippen LogP contribution is -2.50. The Labute approximate surface area is 161 Å². The molecule has 0 atom stereocenters. The maximum atomic E-state index is 12.8. The van der Waals surface area contributed by atoms with Crippen LogP contribution < -0.4 is 5.32 Å². The average molecular weight is 367 g/mol. The average Bonchev–Trinajstić information content (AvgIpc) is 3.45. The zero-order valence-electron chi connectivity index (χ0n) is 16.3. The minimum atomic E-state index is -0.00778. The zero-order valence-corrected chi connectivity index (χ0v) is 16.3. The van der Waals surface area contributed by atoms with E-state index < -0.39 is 0 Å². The summed E-state index contributed by atoms with van der Waals surface area (Å²) >= 11 is 0. The van der Waals surface area contributed by atoms with E-state index in [1.165, 1.54) is 18.4 Å². The molecular weight excluding hydrogens is 338 g/mol. The van der Waals surface area contributed by atoms with Crippen molar-refractivity contribution in [3.8, 4) is 5.69 Å². The lowest BCUT2D eigenvalue weighted by atomic mass is 10.2. The SMILES string of the molecule is CCCc1c(NC(=O)N2CCN(C3CC3)CC2)cnn1-c1cccc(C)c1. The van der Waals surface area contributed by atoms with E-state index in [1.54, 1.807) is 6.20 Å². The molecule has 2 amide bonds. The predicted octanol–water partition coefficient (Wildman–Crippen LogP) is 3.45. The van der Waals surface area contributed by atoms with Crippen LogP contribution in [-0.4, -0.2) is 57.8 Å². The normalized spacial score (nSPS) is 17.9. The van der Waals surface area contributed by atoms with Gasteiger partial charge < -0.3 is 10.2 Å². The molecule has 0 unspecified atom stereocenters. The molecule has 4 rings (SSSR count). The number of nitrogens with one attached hydrogen (secondary N) is 1. The lowest BCUT2D eigenvalue weighted by Gasteiger charge is -2.34. The molecular formula is C21H29N5O. The van der Waals surface area contributed by atoms with Gasteiger partial charge in [-0.25, -0.2) is 9.48 Å². The molecule has 0 bridgehead atoms. The van der Waals surface area contributed by atoms with Crippen LogP contribution in [0.5, 0.6) is 0 Å². The minimum Gasteiger partial charge on any atom is -0.322 e. The van der Waals surface area contributed by atoms with Crippen LogP contribution in [-0.2, 0) is 6.42 Å². The summed E-state index contributed by atoms with van der Waals surface area (Å²) in [4.78, 5) is 17.2. The van der Waals surface area contributed by atoms with Crippen molar-refractivity contribution in [2.24, 2.45) is 0 Å². The smallest absolute Gasteiger partial charge is 0.322 e. The van der Waals surface area contributed by atoms with Crippen molar-refractivity contribution in [2.45, 2.75) is 45.6 Å². The molecule has 1 aromatic heterocycles. The third kappa shape index (κ3) is 4.00. The molecule has 2 aliphatic rings. The van der Waals surface area contributed by atoms with E-state index in [1.807, 2.05) is 15.6 Å². The lowest BCUT2D eigenvalue weighted by molar-refractivity contribution is 0.142. The molecule has 0 radical (unpaired) electrons. The van der Waals surface area contributed by atoms with Crippen molar-refractivity contribution in [3.05, 3.63) is 41.7 Å². The van der Waals surface area contributed by atoms with Crippen LogP contribution in [0.3, 0.4) is 0 Å². The Kier molecular flexibility index (Phi) is 5.16. The Bertz CT molecular complexity index is 803. The Morgan fingerprint density at radius 3 is 2.67 bits per heavy atom. The molecule has 6 heteroatoms. The number of piperazine rings is 1. The van der Waals surface area contributed by atoms with Gasteiger partial charge in [-0.3, -0.25) is 4.90 Å². The van der Waals surface area contributed by atoms with Crippen molar-refractivity contribution in [1.29, 1.82) is 0 Å². The summed E-state index contributed by atoms with van der Waals surface area (Å²) in [5.74, 6) is 0. The van der Waals surface area contributed by atoms with Gasteiger partial charge in [-0.05, 0) is 43.9 Å². The van der Waals surface area contributed by atoms with Gasteiger partial charge in [-0.1, -0.05) is 25.5 Å². The van der Waals surface area contributed by atoms with E-state index in [2.05, 4.69) is 47.4 Å². The van der Waals surface area contributed by atoms with Crippen LogP contribution >= 0.6 is 0 Å². The summed E-state index contributed by atoms with van der Waals surface area (Å²) < 4.78 is 1.96. The van der Waals surface area contributed by atoms with Crippen LogP contribution in [0.25, 0.3) is 5.69 Å². The van der Waals surface area contributed by atoms with E-state index in [0.717, 1.165) is 62.1 Å². The molecule has 1 aliphatic carbocycles. The molecule has 1 N–H and O–H groups in total. The third-order valence-electron chi connectivity index (χ3n) is 5.51. The zero-order chi connectivity index (χ0) is 18.8. The molecule has 1 aromatic carbocycles. The Balaban J connectivity index is 1.47. The number of carbonyl (C=O) groups excluding carboxylic acids is 1. The molecule has 6 nitrogen and oxygen atoms in total. The van der Waals surface area contributed by atoms with E-state index in [4.69, 9.17) is 0 Å². The maximum Gasteiger partial charge on any atom is 0.322 e. The summed E-state index contributed by atoms with van der Waals surface area (Å²) in [6.45, 7) is 7.81. The molecule has 1 aliphatic heterocycles. The van der Waals surface area contributed by atoms with Gasteiger partial charge in [0.2, 0.25) is 0 Å². The second-order valence-corrected chi connectivity index (χ2v) is 7.69. The van der Waals surface area contributed by atoms with Crippen LogP contribution in [0.2, 0.25) is 0 Å².